The Balaban J connectivity index is 2.52. The normalized spacial score (nSPS) is 14.4. The van der Waals surface area contributed by atoms with Gasteiger partial charge in [-0.2, -0.15) is 5.10 Å². The average Bonchev–Trinajstić information content (AvgIpc) is 2.89. The van der Waals surface area contributed by atoms with Crippen molar-refractivity contribution in [2.24, 2.45) is 10.6 Å². The van der Waals surface area contributed by atoms with Gasteiger partial charge in [0.25, 0.3) is 0 Å². The Kier molecular flexibility index (Phi) is 4.50. The predicted octanol–water partition coefficient (Wildman–Crippen LogP) is 0.561. The maximum atomic E-state index is 11.6. The lowest BCUT2D eigenvalue weighted by Gasteiger charge is -2.35. The Morgan fingerprint density at radius 1 is 1.41 bits per heavy atom. The molecule has 0 spiro atoms. The van der Waals surface area contributed by atoms with Gasteiger partial charge in [-0.1, -0.05) is 13.8 Å². The number of aryl methyl sites for hydroxylation is 1. The van der Waals surface area contributed by atoms with Gasteiger partial charge in [-0.3, -0.25) is 0 Å². The first-order chi connectivity index (χ1) is 10.2. The van der Waals surface area contributed by atoms with E-state index in [1.165, 1.54) is 11.0 Å². The van der Waals surface area contributed by atoms with Crippen LogP contribution in [-0.2, 0) is 10.0 Å². The first kappa shape index (κ1) is 16.8. The summed E-state index contributed by atoms with van der Waals surface area (Å²) in [5, 5.41) is 24.3. The summed E-state index contributed by atoms with van der Waals surface area (Å²) in [6.45, 7) is 5.47. The summed E-state index contributed by atoms with van der Waals surface area (Å²) < 4.78 is 24.5. The Morgan fingerprint density at radius 3 is 2.59 bits per heavy atom. The molecule has 0 fully saturated rings. The maximum absolute atomic E-state index is 11.6. The molecule has 0 amide bonds. The molecule has 0 bridgehead atoms. The van der Waals surface area contributed by atoms with Gasteiger partial charge in [0.1, 0.15) is 12.4 Å². The molecular formula is C13H21N5O3S. The van der Waals surface area contributed by atoms with Crippen LogP contribution < -0.4 is 5.14 Å². The van der Waals surface area contributed by atoms with E-state index < -0.39 is 21.5 Å². The molecule has 0 aromatic carbocycles. The van der Waals surface area contributed by atoms with Gasteiger partial charge in [0.15, 0.2) is 5.65 Å². The van der Waals surface area contributed by atoms with E-state index in [-0.39, 0.29) is 5.75 Å². The molecular weight excluding hydrogens is 306 g/mol. The van der Waals surface area contributed by atoms with Crippen LogP contribution in [0.15, 0.2) is 12.4 Å². The first-order valence-corrected chi connectivity index (χ1v) is 8.80. The molecule has 2 heterocycles. The van der Waals surface area contributed by atoms with E-state index in [1.807, 2.05) is 13.8 Å². The van der Waals surface area contributed by atoms with E-state index in [0.717, 1.165) is 5.56 Å². The minimum Gasteiger partial charge on any atom is -0.386 e. The number of rotatable bonds is 6. The van der Waals surface area contributed by atoms with Gasteiger partial charge in [-0.25, -0.2) is 18.5 Å². The van der Waals surface area contributed by atoms with Crippen molar-refractivity contribution in [3.05, 3.63) is 23.7 Å². The van der Waals surface area contributed by atoms with Crippen molar-refractivity contribution < 1.29 is 13.5 Å². The lowest BCUT2D eigenvalue weighted by molar-refractivity contribution is 0.0273. The molecule has 1 atom stereocenters. The van der Waals surface area contributed by atoms with Crippen molar-refractivity contribution in [1.82, 2.24) is 19.8 Å². The van der Waals surface area contributed by atoms with Gasteiger partial charge < -0.3 is 5.11 Å². The van der Waals surface area contributed by atoms with Crippen molar-refractivity contribution in [3.8, 4) is 0 Å². The zero-order chi connectivity index (χ0) is 16.5. The van der Waals surface area contributed by atoms with Gasteiger partial charge in [-0.15, -0.1) is 9.73 Å². The molecule has 122 valence electrons. The Morgan fingerprint density at radius 2 is 2.05 bits per heavy atom. The fraction of sp³-hybridized carbons (Fsp3) is 0.615. The Bertz CT molecular complexity index is 767. The minimum absolute atomic E-state index is 0.301. The van der Waals surface area contributed by atoms with E-state index in [2.05, 4.69) is 15.2 Å². The van der Waals surface area contributed by atoms with E-state index in [0.29, 0.717) is 24.2 Å². The molecule has 1 unspecified atom stereocenters. The highest BCUT2D eigenvalue weighted by molar-refractivity contribution is 7.89. The average molecular weight is 327 g/mol. The van der Waals surface area contributed by atoms with Gasteiger partial charge in [0, 0.05) is 5.41 Å². The summed E-state index contributed by atoms with van der Waals surface area (Å²) in [5.74, 6) is -0.301. The summed E-state index contributed by atoms with van der Waals surface area (Å²) in [6, 6.07) is 1.76. The van der Waals surface area contributed by atoms with Crippen molar-refractivity contribution in [2.45, 2.75) is 39.7 Å². The number of primary sulfonamides is 1. The van der Waals surface area contributed by atoms with Crippen LogP contribution in [0.2, 0.25) is 0 Å². The van der Waals surface area contributed by atoms with Crippen LogP contribution in [0.4, 0.5) is 0 Å². The summed E-state index contributed by atoms with van der Waals surface area (Å²) in [7, 11) is -3.73. The first-order valence-electron chi connectivity index (χ1n) is 7.08. The molecule has 8 nitrogen and oxygen atoms in total. The second kappa shape index (κ2) is 5.90. The molecule has 0 radical (unpaired) electrons. The highest BCUT2D eigenvalue weighted by Gasteiger charge is 2.40. The largest absolute Gasteiger partial charge is 0.386 e. The van der Waals surface area contributed by atoms with Gasteiger partial charge >= 0.3 is 0 Å². The molecule has 22 heavy (non-hydrogen) atoms. The number of nitrogens with two attached hydrogens (primary N) is 1. The Labute approximate surface area is 129 Å². The van der Waals surface area contributed by atoms with Crippen molar-refractivity contribution in [1.29, 1.82) is 0 Å². The van der Waals surface area contributed by atoms with Crippen molar-refractivity contribution >= 4 is 15.7 Å². The zero-order valence-electron chi connectivity index (χ0n) is 12.9. The fourth-order valence-electron chi connectivity index (χ4n) is 2.75. The number of sulfonamides is 1. The number of aliphatic hydroxyl groups is 1. The summed E-state index contributed by atoms with van der Waals surface area (Å²) >= 11 is 0. The predicted molar refractivity (Wildman–Crippen MR) is 81.5 cm³/mol. The van der Waals surface area contributed by atoms with Gasteiger partial charge in [-0.05, 0) is 31.4 Å². The van der Waals surface area contributed by atoms with E-state index in [9.17, 15) is 13.5 Å². The van der Waals surface area contributed by atoms with Crippen LogP contribution >= 0.6 is 0 Å². The summed E-state index contributed by atoms with van der Waals surface area (Å²) in [5.41, 5.74) is 0.803. The number of aromatic nitrogens is 4. The molecule has 9 heteroatoms. The standard InChI is InChI=1S/C13H21N5O3S/c1-4-13(5-2,7-22(14,20)21)12(19)11-9(3)6-10-15-8-16-18(10)17-11/h6,8,12,19H,4-5,7H2,1-3H3,(H2,14,20,21). The minimum atomic E-state index is -3.73. The van der Waals surface area contributed by atoms with Crippen LogP contribution in [-0.4, -0.2) is 39.1 Å². The highest BCUT2D eigenvalue weighted by Crippen LogP contribution is 2.41. The maximum Gasteiger partial charge on any atom is 0.209 e. The summed E-state index contributed by atoms with van der Waals surface area (Å²) in [6.07, 6.45) is 1.22. The molecule has 2 aromatic heterocycles. The molecule has 0 aliphatic carbocycles. The van der Waals surface area contributed by atoms with E-state index >= 15 is 0 Å². The van der Waals surface area contributed by atoms with Crippen LogP contribution in [0.1, 0.15) is 44.1 Å². The molecule has 3 N–H and O–H groups in total. The van der Waals surface area contributed by atoms with Gasteiger partial charge in [0.05, 0.1) is 11.4 Å². The van der Waals surface area contributed by atoms with Crippen molar-refractivity contribution in [3.63, 3.8) is 0 Å². The lowest BCUT2D eigenvalue weighted by Crippen LogP contribution is -2.38. The summed E-state index contributed by atoms with van der Waals surface area (Å²) in [4.78, 5) is 4.03. The molecule has 0 aliphatic rings. The van der Waals surface area contributed by atoms with Crippen LogP contribution in [0.5, 0.6) is 0 Å². The number of nitrogens with zero attached hydrogens (tertiary/aromatic N) is 4. The lowest BCUT2D eigenvalue weighted by atomic mass is 9.77. The van der Waals surface area contributed by atoms with Crippen LogP contribution in [0.25, 0.3) is 5.65 Å². The number of fused-ring (bicyclic) bond motifs is 1. The smallest absolute Gasteiger partial charge is 0.209 e. The van der Waals surface area contributed by atoms with Crippen LogP contribution in [0.3, 0.4) is 0 Å². The monoisotopic (exact) mass is 327 g/mol. The van der Waals surface area contributed by atoms with Gasteiger partial charge in [0.2, 0.25) is 10.0 Å². The number of aliphatic hydroxyl groups excluding tert-OH is 1. The molecule has 0 aliphatic heterocycles. The van der Waals surface area contributed by atoms with E-state index in [1.54, 1.807) is 13.0 Å². The third-order valence-corrected chi connectivity index (χ3v) is 5.22. The van der Waals surface area contributed by atoms with Crippen LogP contribution in [0, 0.1) is 12.3 Å². The second-order valence-corrected chi connectivity index (χ2v) is 7.21. The highest BCUT2D eigenvalue weighted by atomic mass is 32.2. The molecule has 0 saturated heterocycles. The third kappa shape index (κ3) is 3.11. The quantitative estimate of drug-likeness (QED) is 0.799. The zero-order valence-corrected chi connectivity index (χ0v) is 13.7. The molecule has 2 aromatic rings. The third-order valence-electron chi connectivity index (χ3n) is 4.24. The van der Waals surface area contributed by atoms with E-state index in [4.69, 9.17) is 5.14 Å². The number of hydrogen-bond donors (Lipinski definition) is 2. The fourth-order valence-corrected chi connectivity index (χ4v) is 4.11. The molecule has 2 rings (SSSR count). The second-order valence-electron chi connectivity index (χ2n) is 5.60. The Hall–Kier alpha value is -1.58. The topological polar surface area (TPSA) is 123 Å². The SMILES string of the molecule is CCC(CC)(CS(N)(=O)=O)C(O)c1nn2ncnc2cc1C. The van der Waals surface area contributed by atoms with Crippen molar-refractivity contribution in [2.75, 3.05) is 5.75 Å². The number of hydrogen-bond acceptors (Lipinski definition) is 6. The molecule has 0 saturated carbocycles.